The zero-order valence-electron chi connectivity index (χ0n) is 14.7. The Labute approximate surface area is 159 Å². The Bertz CT molecular complexity index is 840. The summed E-state index contributed by atoms with van der Waals surface area (Å²) in [6, 6.07) is 4.70. The van der Waals surface area contributed by atoms with Gasteiger partial charge in [0.15, 0.2) is 5.88 Å². The number of amides is 1. The van der Waals surface area contributed by atoms with E-state index < -0.39 is 12.3 Å². The molecule has 2 heterocycles. The molecule has 0 aromatic heterocycles. The second-order valence-electron chi connectivity index (χ2n) is 5.92. The first-order valence-electron chi connectivity index (χ1n) is 8.43. The van der Waals surface area contributed by atoms with Crippen LogP contribution in [0.4, 0.5) is 13.2 Å². The number of nitrogens with one attached hydrogen (secondary N) is 3. The number of rotatable bonds is 6. The molecular weight excluding hydrogens is 375 g/mol. The SMILES string of the molecule is O=C(NC1=CC=C(OCC2=CNCC=C2)NC1)c1ccc(OC(F)(F)F)cc1. The van der Waals surface area contributed by atoms with Gasteiger partial charge in [-0.2, -0.15) is 0 Å². The third-order valence-corrected chi connectivity index (χ3v) is 3.76. The summed E-state index contributed by atoms with van der Waals surface area (Å²) in [5, 5.41) is 8.82. The van der Waals surface area contributed by atoms with Crippen molar-refractivity contribution in [3.63, 3.8) is 0 Å². The first kappa shape index (κ1) is 19.4. The van der Waals surface area contributed by atoms with E-state index in [2.05, 4.69) is 20.7 Å². The molecule has 1 amide bonds. The normalized spacial score (nSPS) is 16.0. The summed E-state index contributed by atoms with van der Waals surface area (Å²) in [6.07, 6.45) is 4.49. The van der Waals surface area contributed by atoms with Crippen LogP contribution in [0.5, 0.6) is 5.75 Å². The number of ether oxygens (including phenoxy) is 2. The summed E-state index contributed by atoms with van der Waals surface area (Å²) in [7, 11) is 0. The van der Waals surface area contributed by atoms with Crippen LogP contribution in [0.15, 0.2) is 71.9 Å². The van der Waals surface area contributed by atoms with Gasteiger partial charge in [-0.3, -0.25) is 4.79 Å². The van der Waals surface area contributed by atoms with Crippen molar-refractivity contribution in [2.75, 3.05) is 19.7 Å². The smallest absolute Gasteiger partial charge is 0.474 e. The van der Waals surface area contributed by atoms with Gasteiger partial charge in [0.1, 0.15) is 12.4 Å². The van der Waals surface area contributed by atoms with Crippen molar-refractivity contribution in [2.24, 2.45) is 0 Å². The Morgan fingerprint density at radius 2 is 1.96 bits per heavy atom. The molecule has 0 radical (unpaired) electrons. The molecule has 2 aliphatic rings. The molecule has 1 aromatic carbocycles. The zero-order chi connectivity index (χ0) is 20.0. The van der Waals surface area contributed by atoms with Crippen LogP contribution in [-0.4, -0.2) is 32.0 Å². The van der Waals surface area contributed by atoms with Gasteiger partial charge in [0.25, 0.3) is 5.91 Å². The minimum absolute atomic E-state index is 0.213. The lowest BCUT2D eigenvalue weighted by molar-refractivity contribution is -0.274. The van der Waals surface area contributed by atoms with E-state index in [4.69, 9.17) is 4.74 Å². The highest BCUT2D eigenvalue weighted by Gasteiger charge is 2.31. The lowest BCUT2D eigenvalue weighted by Gasteiger charge is -2.19. The number of carbonyl (C=O) groups is 1. The molecule has 0 bridgehead atoms. The topological polar surface area (TPSA) is 71.6 Å². The largest absolute Gasteiger partial charge is 0.573 e. The van der Waals surface area contributed by atoms with E-state index in [1.807, 2.05) is 18.4 Å². The zero-order valence-corrected chi connectivity index (χ0v) is 14.7. The van der Waals surface area contributed by atoms with Crippen LogP contribution in [0.2, 0.25) is 0 Å². The summed E-state index contributed by atoms with van der Waals surface area (Å²) in [5.41, 5.74) is 1.83. The maximum Gasteiger partial charge on any atom is 0.573 e. The van der Waals surface area contributed by atoms with Crippen LogP contribution < -0.4 is 20.7 Å². The minimum atomic E-state index is -4.77. The van der Waals surface area contributed by atoms with Crippen molar-refractivity contribution in [1.82, 2.24) is 16.0 Å². The van der Waals surface area contributed by atoms with Gasteiger partial charge in [-0.05, 0) is 36.4 Å². The molecular formula is C19H18F3N3O3. The number of alkyl halides is 3. The fourth-order valence-electron chi connectivity index (χ4n) is 2.45. The average Bonchev–Trinajstić information content (AvgIpc) is 2.67. The van der Waals surface area contributed by atoms with E-state index in [-0.39, 0.29) is 11.3 Å². The summed E-state index contributed by atoms with van der Waals surface area (Å²) in [4.78, 5) is 12.2. The monoisotopic (exact) mass is 393 g/mol. The second kappa shape index (κ2) is 8.55. The Morgan fingerprint density at radius 1 is 1.18 bits per heavy atom. The van der Waals surface area contributed by atoms with Gasteiger partial charge in [0, 0.05) is 29.6 Å². The number of carbonyl (C=O) groups excluding carboxylic acids is 1. The molecule has 0 spiro atoms. The molecule has 0 saturated carbocycles. The highest BCUT2D eigenvalue weighted by atomic mass is 19.4. The molecule has 0 atom stereocenters. The molecule has 6 nitrogen and oxygen atoms in total. The molecule has 3 rings (SSSR count). The fraction of sp³-hybridized carbons (Fsp3) is 0.211. The minimum Gasteiger partial charge on any atom is -0.474 e. The summed E-state index contributed by atoms with van der Waals surface area (Å²) >= 11 is 0. The van der Waals surface area contributed by atoms with E-state index in [1.54, 1.807) is 12.2 Å². The number of hydrogen-bond donors (Lipinski definition) is 3. The molecule has 0 unspecified atom stereocenters. The molecule has 0 aliphatic carbocycles. The van der Waals surface area contributed by atoms with E-state index >= 15 is 0 Å². The molecule has 28 heavy (non-hydrogen) atoms. The maximum atomic E-state index is 12.2. The fourth-order valence-corrected chi connectivity index (χ4v) is 2.45. The number of hydrogen-bond acceptors (Lipinski definition) is 5. The van der Waals surface area contributed by atoms with Gasteiger partial charge >= 0.3 is 6.36 Å². The number of dihydropyridines is 2. The van der Waals surface area contributed by atoms with Gasteiger partial charge < -0.3 is 25.4 Å². The van der Waals surface area contributed by atoms with Crippen molar-refractivity contribution >= 4 is 5.91 Å². The van der Waals surface area contributed by atoms with Crippen LogP contribution in [0.1, 0.15) is 10.4 Å². The van der Waals surface area contributed by atoms with Crippen LogP contribution in [-0.2, 0) is 4.74 Å². The number of benzene rings is 1. The summed E-state index contributed by atoms with van der Waals surface area (Å²) in [6.45, 7) is 1.55. The van der Waals surface area contributed by atoms with E-state index in [0.717, 1.165) is 24.3 Å². The molecule has 148 valence electrons. The highest BCUT2D eigenvalue weighted by molar-refractivity contribution is 5.95. The van der Waals surface area contributed by atoms with E-state index in [9.17, 15) is 18.0 Å². The van der Waals surface area contributed by atoms with Crippen molar-refractivity contribution < 1.29 is 27.4 Å². The van der Waals surface area contributed by atoms with Crippen molar-refractivity contribution in [2.45, 2.75) is 6.36 Å². The first-order chi connectivity index (χ1) is 13.4. The Kier molecular flexibility index (Phi) is 5.93. The summed E-state index contributed by atoms with van der Waals surface area (Å²) < 4.78 is 45.9. The summed E-state index contributed by atoms with van der Waals surface area (Å²) in [5.74, 6) is -0.245. The molecule has 0 fully saturated rings. The van der Waals surface area contributed by atoms with Gasteiger partial charge in [-0.15, -0.1) is 13.2 Å². The predicted molar refractivity (Wildman–Crippen MR) is 95.9 cm³/mol. The molecule has 3 N–H and O–H groups in total. The van der Waals surface area contributed by atoms with Gasteiger partial charge in [-0.1, -0.05) is 12.2 Å². The van der Waals surface area contributed by atoms with Crippen molar-refractivity contribution in [1.29, 1.82) is 0 Å². The second-order valence-corrected chi connectivity index (χ2v) is 5.92. The molecule has 0 saturated heterocycles. The third kappa shape index (κ3) is 5.83. The van der Waals surface area contributed by atoms with Crippen molar-refractivity contribution in [3.05, 3.63) is 77.5 Å². The van der Waals surface area contributed by atoms with E-state index in [1.165, 1.54) is 12.1 Å². The Balaban J connectivity index is 1.51. The van der Waals surface area contributed by atoms with Crippen LogP contribution in [0, 0.1) is 0 Å². The van der Waals surface area contributed by atoms with Crippen molar-refractivity contribution in [3.8, 4) is 5.75 Å². The quantitative estimate of drug-likeness (QED) is 0.693. The standard InChI is InChI=1S/C19H18F3N3O3/c20-19(21,22)28-16-6-3-14(4-7-16)18(26)25-15-5-8-17(24-11-15)27-12-13-2-1-9-23-10-13/h1-8,10,23-24H,9,11-12H2,(H,25,26). The van der Waals surface area contributed by atoms with Crippen LogP contribution in [0.3, 0.4) is 0 Å². The Hall–Kier alpha value is -3.36. The third-order valence-electron chi connectivity index (χ3n) is 3.76. The number of halogens is 3. The molecule has 1 aromatic rings. The van der Waals surface area contributed by atoms with Gasteiger partial charge in [-0.25, -0.2) is 0 Å². The molecule has 9 heteroatoms. The lowest BCUT2D eigenvalue weighted by Crippen LogP contribution is -2.32. The van der Waals surface area contributed by atoms with Crippen LogP contribution >= 0.6 is 0 Å². The van der Waals surface area contributed by atoms with Gasteiger partial charge in [0.05, 0.1) is 6.54 Å². The molecule has 2 aliphatic heterocycles. The lowest BCUT2D eigenvalue weighted by atomic mass is 10.2. The van der Waals surface area contributed by atoms with Crippen LogP contribution in [0.25, 0.3) is 0 Å². The number of allylic oxidation sites excluding steroid dienone is 2. The van der Waals surface area contributed by atoms with E-state index in [0.29, 0.717) is 24.7 Å². The highest BCUT2D eigenvalue weighted by Crippen LogP contribution is 2.22. The Morgan fingerprint density at radius 3 is 2.57 bits per heavy atom. The average molecular weight is 393 g/mol. The predicted octanol–water partition coefficient (Wildman–Crippen LogP) is 2.70. The van der Waals surface area contributed by atoms with Gasteiger partial charge in [0.2, 0.25) is 0 Å². The maximum absolute atomic E-state index is 12.2. The first-order valence-corrected chi connectivity index (χ1v) is 8.43.